The number of halogens is 1. The first kappa shape index (κ1) is 20.7. The fourth-order valence-electron chi connectivity index (χ4n) is 4.07. The van der Waals surface area contributed by atoms with Crippen LogP contribution >= 0.6 is 0 Å². The van der Waals surface area contributed by atoms with E-state index in [-0.39, 0.29) is 29.4 Å². The van der Waals surface area contributed by atoms with Crippen LogP contribution in [0.15, 0.2) is 30.7 Å². The van der Waals surface area contributed by atoms with Crippen molar-refractivity contribution in [3.63, 3.8) is 0 Å². The van der Waals surface area contributed by atoms with Gasteiger partial charge in [0.2, 0.25) is 0 Å². The van der Waals surface area contributed by atoms with Crippen LogP contribution in [0.1, 0.15) is 38.4 Å². The molecule has 1 aliphatic rings. The molecule has 9 nitrogen and oxygen atoms in total. The standard InChI is InChI=1S/C21H23FN8O/c1-3-13-5-4-6-16(20(13)22)29(2)19-11-24-21(27-26-19)15-8-7-14(9-17(15)31)30-12-25-18(10-23)28-30/h7-9,11-13,16,20,31H,3-6H2,1-2H3/t13-,16-,20+/m0/s1. The highest BCUT2D eigenvalue weighted by atomic mass is 19.1. The Bertz CT molecular complexity index is 1090. The van der Waals surface area contributed by atoms with Crippen LogP contribution in [0.5, 0.6) is 5.75 Å². The zero-order valence-corrected chi connectivity index (χ0v) is 17.4. The van der Waals surface area contributed by atoms with Gasteiger partial charge < -0.3 is 10.0 Å². The van der Waals surface area contributed by atoms with Gasteiger partial charge in [0, 0.05) is 13.1 Å². The molecule has 3 atom stereocenters. The van der Waals surface area contributed by atoms with Crippen LogP contribution in [0.25, 0.3) is 17.1 Å². The molecule has 0 amide bonds. The average molecular weight is 422 g/mol. The molecule has 10 heteroatoms. The molecule has 31 heavy (non-hydrogen) atoms. The number of phenolic OH excluding ortho intramolecular Hbond substituents is 1. The van der Waals surface area contributed by atoms with E-state index >= 15 is 0 Å². The molecule has 0 saturated heterocycles. The normalized spacial score (nSPS) is 20.9. The molecule has 0 spiro atoms. The Labute approximate surface area is 179 Å². The van der Waals surface area contributed by atoms with E-state index in [1.807, 2.05) is 24.9 Å². The smallest absolute Gasteiger partial charge is 0.252 e. The molecule has 2 heterocycles. The van der Waals surface area contributed by atoms with Crippen molar-refractivity contribution < 1.29 is 9.50 Å². The summed E-state index contributed by atoms with van der Waals surface area (Å²) in [6.07, 6.45) is 5.56. The number of aromatic nitrogens is 6. The predicted molar refractivity (Wildman–Crippen MR) is 111 cm³/mol. The highest BCUT2D eigenvalue weighted by molar-refractivity contribution is 5.66. The zero-order valence-electron chi connectivity index (χ0n) is 17.4. The average Bonchev–Trinajstić information content (AvgIpc) is 3.28. The molecule has 3 aromatic rings. The van der Waals surface area contributed by atoms with Crippen molar-refractivity contribution in [1.82, 2.24) is 29.9 Å². The van der Waals surface area contributed by atoms with E-state index in [0.717, 1.165) is 25.7 Å². The molecule has 2 aromatic heterocycles. The minimum Gasteiger partial charge on any atom is -0.507 e. The maximum atomic E-state index is 14.9. The van der Waals surface area contributed by atoms with Crippen LogP contribution < -0.4 is 4.90 Å². The molecule has 0 aliphatic heterocycles. The van der Waals surface area contributed by atoms with Crippen LogP contribution in [-0.2, 0) is 0 Å². The highest BCUT2D eigenvalue weighted by Gasteiger charge is 2.35. The molecule has 4 rings (SSSR count). The van der Waals surface area contributed by atoms with Gasteiger partial charge in [-0.05, 0) is 30.9 Å². The minimum absolute atomic E-state index is 0.0366. The minimum atomic E-state index is -0.903. The first-order chi connectivity index (χ1) is 15.0. The van der Waals surface area contributed by atoms with Crippen LogP contribution in [0.2, 0.25) is 0 Å². The number of anilines is 1. The second-order valence-electron chi connectivity index (χ2n) is 7.69. The first-order valence-electron chi connectivity index (χ1n) is 10.2. The molecule has 1 N–H and O–H groups in total. The molecular weight excluding hydrogens is 399 g/mol. The lowest BCUT2D eigenvalue weighted by molar-refractivity contribution is 0.134. The third-order valence-electron chi connectivity index (χ3n) is 5.90. The topological polar surface area (TPSA) is 117 Å². The van der Waals surface area contributed by atoms with Crippen molar-refractivity contribution in [1.29, 1.82) is 5.26 Å². The van der Waals surface area contributed by atoms with Gasteiger partial charge in [0.15, 0.2) is 11.6 Å². The van der Waals surface area contributed by atoms with E-state index in [4.69, 9.17) is 5.26 Å². The van der Waals surface area contributed by atoms with E-state index in [1.54, 1.807) is 18.3 Å². The summed E-state index contributed by atoms with van der Waals surface area (Å²) in [6, 6.07) is 6.44. The number of nitriles is 1. The molecule has 0 radical (unpaired) electrons. The molecule has 1 fully saturated rings. The van der Waals surface area contributed by atoms with E-state index < -0.39 is 6.17 Å². The van der Waals surface area contributed by atoms with Gasteiger partial charge in [0.25, 0.3) is 5.82 Å². The fraction of sp³-hybridized carbons (Fsp3) is 0.429. The Morgan fingerprint density at radius 3 is 2.77 bits per heavy atom. The van der Waals surface area contributed by atoms with Crippen molar-refractivity contribution in [3.05, 3.63) is 36.5 Å². The van der Waals surface area contributed by atoms with Gasteiger partial charge in [-0.25, -0.2) is 19.0 Å². The molecule has 0 bridgehead atoms. The third kappa shape index (κ3) is 4.03. The second kappa shape index (κ2) is 8.63. The monoisotopic (exact) mass is 422 g/mol. The summed E-state index contributed by atoms with van der Waals surface area (Å²) < 4.78 is 16.3. The lowest BCUT2D eigenvalue weighted by atomic mass is 9.82. The first-order valence-corrected chi connectivity index (χ1v) is 10.2. The molecule has 1 aromatic carbocycles. The lowest BCUT2D eigenvalue weighted by Gasteiger charge is -2.38. The summed E-state index contributed by atoms with van der Waals surface area (Å²) in [4.78, 5) is 9.99. The van der Waals surface area contributed by atoms with Crippen molar-refractivity contribution in [2.45, 2.75) is 44.8 Å². The summed E-state index contributed by atoms with van der Waals surface area (Å²) >= 11 is 0. The van der Waals surface area contributed by atoms with Gasteiger partial charge in [-0.2, -0.15) is 5.26 Å². The number of alkyl halides is 1. The Kier molecular flexibility index (Phi) is 5.75. The Morgan fingerprint density at radius 2 is 2.13 bits per heavy atom. The SMILES string of the molecule is CC[C@H]1CCC[C@H](N(C)c2cnc(-c3ccc(-n4cnc(C#N)n4)cc3O)nn2)[C@@H]1F. The third-order valence-corrected chi connectivity index (χ3v) is 5.90. The van der Waals surface area contributed by atoms with Crippen molar-refractivity contribution in [2.24, 2.45) is 5.92 Å². The van der Waals surface area contributed by atoms with Gasteiger partial charge in [-0.3, -0.25) is 0 Å². The summed E-state index contributed by atoms with van der Waals surface area (Å²) in [6.45, 7) is 2.03. The van der Waals surface area contributed by atoms with Crippen LogP contribution in [-0.4, -0.2) is 54.3 Å². The van der Waals surface area contributed by atoms with Crippen molar-refractivity contribution >= 4 is 5.82 Å². The van der Waals surface area contributed by atoms with E-state index in [9.17, 15) is 9.50 Å². The van der Waals surface area contributed by atoms with E-state index in [1.165, 1.54) is 17.1 Å². The summed E-state index contributed by atoms with van der Waals surface area (Å²) in [5.41, 5.74) is 0.939. The van der Waals surface area contributed by atoms with Gasteiger partial charge in [0.05, 0.1) is 23.5 Å². The predicted octanol–water partition coefficient (Wildman–Crippen LogP) is 3.05. The fourth-order valence-corrected chi connectivity index (χ4v) is 4.07. The Balaban J connectivity index is 1.53. The number of hydrogen-bond acceptors (Lipinski definition) is 8. The highest BCUT2D eigenvalue weighted by Crippen LogP contribution is 2.34. The van der Waals surface area contributed by atoms with Gasteiger partial charge in [-0.1, -0.05) is 19.8 Å². The molecule has 1 aliphatic carbocycles. The summed E-state index contributed by atoms with van der Waals surface area (Å²) in [5, 5.41) is 31.7. The summed E-state index contributed by atoms with van der Waals surface area (Å²) in [7, 11) is 1.82. The largest absolute Gasteiger partial charge is 0.507 e. The lowest BCUT2D eigenvalue weighted by Crippen LogP contribution is -2.45. The number of nitrogens with zero attached hydrogens (tertiary/aromatic N) is 8. The molecular formula is C21H23FN8O. The number of aromatic hydroxyl groups is 1. The number of benzene rings is 1. The van der Waals surface area contributed by atoms with Crippen molar-refractivity contribution in [3.8, 4) is 28.9 Å². The molecule has 1 saturated carbocycles. The maximum absolute atomic E-state index is 14.9. The summed E-state index contributed by atoms with van der Waals surface area (Å²) in [5.74, 6) is 0.803. The van der Waals surface area contributed by atoms with E-state index in [2.05, 4.69) is 25.3 Å². The van der Waals surface area contributed by atoms with Gasteiger partial charge in [0.1, 0.15) is 24.3 Å². The van der Waals surface area contributed by atoms with Crippen LogP contribution in [0.3, 0.4) is 0 Å². The van der Waals surface area contributed by atoms with Crippen molar-refractivity contribution in [2.75, 3.05) is 11.9 Å². The quantitative estimate of drug-likeness (QED) is 0.667. The van der Waals surface area contributed by atoms with Crippen LogP contribution in [0.4, 0.5) is 10.2 Å². The number of hydrogen-bond donors (Lipinski definition) is 1. The Morgan fingerprint density at radius 1 is 1.29 bits per heavy atom. The molecule has 160 valence electrons. The number of phenols is 1. The Hall–Kier alpha value is -3.61. The van der Waals surface area contributed by atoms with E-state index in [0.29, 0.717) is 17.1 Å². The molecule has 0 unspecified atom stereocenters. The second-order valence-corrected chi connectivity index (χ2v) is 7.69. The van der Waals surface area contributed by atoms with Gasteiger partial charge >= 0.3 is 0 Å². The van der Waals surface area contributed by atoms with Gasteiger partial charge in [-0.15, -0.1) is 15.3 Å². The number of rotatable bonds is 5. The maximum Gasteiger partial charge on any atom is 0.252 e. The zero-order chi connectivity index (χ0) is 22.0. The van der Waals surface area contributed by atoms with Crippen LogP contribution in [0, 0.1) is 17.2 Å².